The first-order valence-corrected chi connectivity index (χ1v) is 10.5. The number of nitrogens with zero attached hydrogens (tertiary/aromatic N) is 1. The van der Waals surface area contributed by atoms with Crippen molar-refractivity contribution in [1.82, 2.24) is 4.31 Å². The molecule has 1 fully saturated rings. The predicted molar refractivity (Wildman–Crippen MR) is 107 cm³/mol. The second-order valence-electron chi connectivity index (χ2n) is 6.26. The number of rotatable bonds is 6. The Morgan fingerprint density at radius 3 is 2.46 bits per heavy atom. The molecule has 0 aliphatic carbocycles. The lowest BCUT2D eigenvalue weighted by Gasteiger charge is -2.24. The average molecular weight is 425 g/mol. The van der Waals surface area contributed by atoms with E-state index in [1.54, 1.807) is 24.3 Å². The van der Waals surface area contributed by atoms with Gasteiger partial charge in [0.25, 0.3) is 0 Å². The van der Waals surface area contributed by atoms with Crippen molar-refractivity contribution in [2.75, 3.05) is 26.1 Å². The standard InChI is InChI=1S/C19H21ClN2O5S/c1-26-17-12-15(18(27-2)11-14(17)20)21-19(23)16-9-6-10-22(16)28(24,25)13-7-4-3-5-8-13/h3-5,7-8,11-12,16H,6,9-10H2,1-2H3,(H,21,23)/t16-/m1/s1. The average Bonchev–Trinajstić information content (AvgIpc) is 3.20. The molecule has 0 unspecified atom stereocenters. The Kier molecular flexibility index (Phi) is 6.12. The second kappa shape index (κ2) is 8.38. The van der Waals surface area contributed by atoms with E-state index >= 15 is 0 Å². The Morgan fingerprint density at radius 2 is 1.82 bits per heavy atom. The molecule has 0 bridgehead atoms. The minimum atomic E-state index is -3.76. The second-order valence-corrected chi connectivity index (χ2v) is 8.56. The van der Waals surface area contributed by atoms with E-state index in [4.69, 9.17) is 21.1 Å². The van der Waals surface area contributed by atoms with Gasteiger partial charge in [-0.3, -0.25) is 4.79 Å². The fourth-order valence-corrected chi connectivity index (χ4v) is 5.10. The summed E-state index contributed by atoms with van der Waals surface area (Å²) in [5.74, 6) is 0.298. The predicted octanol–water partition coefficient (Wildman–Crippen LogP) is 3.15. The molecule has 0 spiro atoms. The molecule has 0 saturated carbocycles. The maximum absolute atomic E-state index is 13.0. The molecule has 1 aliphatic heterocycles. The van der Waals surface area contributed by atoms with Crippen molar-refractivity contribution in [3.8, 4) is 11.5 Å². The first-order valence-electron chi connectivity index (χ1n) is 8.67. The van der Waals surface area contributed by atoms with Crippen molar-refractivity contribution in [3.63, 3.8) is 0 Å². The van der Waals surface area contributed by atoms with Crippen LogP contribution in [0.1, 0.15) is 12.8 Å². The van der Waals surface area contributed by atoms with Gasteiger partial charge in [-0.25, -0.2) is 8.42 Å². The SMILES string of the molecule is COc1cc(NC(=O)[C@H]2CCCN2S(=O)(=O)c2ccccc2)c(OC)cc1Cl. The highest BCUT2D eigenvalue weighted by Crippen LogP contribution is 2.36. The number of hydrogen-bond donors (Lipinski definition) is 1. The van der Waals surface area contributed by atoms with Crippen molar-refractivity contribution in [3.05, 3.63) is 47.5 Å². The summed E-state index contributed by atoms with van der Waals surface area (Å²) < 4.78 is 37.6. The van der Waals surface area contributed by atoms with Crippen LogP contribution in [0.3, 0.4) is 0 Å². The maximum atomic E-state index is 13.0. The molecule has 1 atom stereocenters. The highest BCUT2D eigenvalue weighted by atomic mass is 35.5. The Morgan fingerprint density at radius 1 is 1.14 bits per heavy atom. The van der Waals surface area contributed by atoms with Crippen molar-refractivity contribution in [1.29, 1.82) is 0 Å². The topological polar surface area (TPSA) is 84.9 Å². The number of ether oxygens (including phenoxy) is 2. The molecular formula is C19H21ClN2O5S. The number of carbonyl (C=O) groups excluding carboxylic acids is 1. The number of hydrogen-bond acceptors (Lipinski definition) is 5. The van der Waals surface area contributed by atoms with Crippen LogP contribution in [0, 0.1) is 0 Å². The number of methoxy groups -OCH3 is 2. The fourth-order valence-electron chi connectivity index (χ4n) is 3.19. The molecule has 3 rings (SSSR count). The third-order valence-corrected chi connectivity index (χ3v) is 6.81. The van der Waals surface area contributed by atoms with Crippen LogP contribution in [0.25, 0.3) is 0 Å². The van der Waals surface area contributed by atoms with Crippen molar-refractivity contribution >= 4 is 33.2 Å². The van der Waals surface area contributed by atoms with Gasteiger partial charge >= 0.3 is 0 Å². The summed E-state index contributed by atoms with van der Waals surface area (Å²) in [5.41, 5.74) is 0.359. The summed E-state index contributed by atoms with van der Waals surface area (Å²) in [6.07, 6.45) is 1.04. The first kappa shape index (κ1) is 20.4. The quantitative estimate of drug-likeness (QED) is 0.769. The summed E-state index contributed by atoms with van der Waals surface area (Å²) in [7, 11) is -0.848. The van der Waals surface area contributed by atoms with Gasteiger partial charge in [-0.05, 0) is 25.0 Å². The van der Waals surface area contributed by atoms with E-state index in [-0.39, 0.29) is 11.4 Å². The van der Waals surface area contributed by atoms with Gasteiger partial charge in [-0.15, -0.1) is 0 Å². The van der Waals surface area contributed by atoms with Crippen LogP contribution in [0.15, 0.2) is 47.4 Å². The molecule has 28 heavy (non-hydrogen) atoms. The Hall–Kier alpha value is -2.29. The summed E-state index contributed by atoms with van der Waals surface area (Å²) >= 11 is 6.09. The van der Waals surface area contributed by atoms with Crippen LogP contribution in [0.4, 0.5) is 5.69 Å². The van der Waals surface area contributed by atoms with Crippen molar-refractivity contribution in [2.45, 2.75) is 23.8 Å². The number of benzene rings is 2. The molecule has 7 nitrogen and oxygen atoms in total. The fraction of sp³-hybridized carbons (Fsp3) is 0.316. The van der Waals surface area contributed by atoms with Gasteiger partial charge in [0.05, 0.1) is 29.8 Å². The van der Waals surface area contributed by atoms with E-state index in [9.17, 15) is 13.2 Å². The Labute approximate surface area is 169 Å². The molecule has 1 heterocycles. The summed E-state index contributed by atoms with van der Waals surface area (Å²) in [6.45, 7) is 0.288. The minimum absolute atomic E-state index is 0.167. The normalized spacial score (nSPS) is 17.3. The highest BCUT2D eigenvalue weighted by Gasteiger charge is 2.39. The molecule has 9 heteroatoms. The Bertz CT molecular complexity index is 966. The van der Waals surface area contributed by atoms with Crippen LogP contribution >= 0.6 is 11.6 Å². The van der Waals surface area contributed by atoms with Gasteiger partial charge in [-0.2, -0.15) is 4.31 Å². The number of sulfonamides is 1. The lowest BCUT2D eigenvalue weighted by atomic mass is 10.2. The lowest BCUT2D eigenvalue weighted by molar-refractivity contribution is -0.119. The Balaban J connectivity index is 1.87. The summed E-state index contributed by atoms with van der Waals surface area (Å²) in [6, 6.07) is 10.4. The summed E-state index contributed by atoms with van der Waals surface area (Å²) in [5, 5.41) is 3.09. The lowest BCUT2D eigenvalue weighted by Crippen LogP contribution is -2.43. The monoisotopic (exact) mass is 424 g/mol. The zero-order valence-electron chi connectivity index (χ0n) is 15.5. The number of carbonyl (C=O) groups is 1. The van der Waals surface area contributed by atoms with Crippen LogP contribution in [0.2, 0.25) is 5.02 Å². The largest absolute Gasteiger partial charge is 0.495 e. The smallest absolute Gasteiger partial charge is 0.243 e. The molecule has 1 aliphatic rings. The third kappa shape index (κ3) is 3.94. The third-order valence-electron chi connectivity index (χ3n) is 4.59. The molecular weight excluding hydrogens is 404 g/mol. The van der Waals surface area contributed by atoms with E-state index in [2.05, 4.69) is 5.32 Å². The first-order chi connectivity index (χ1) is 13.4. The van der Waals surface area contributed by atoms with Crippen LogP contribution in [-0.2, 0) is 14.8 Å². The molecule has 0 radical (unpaired) electrons. The van der Waals surface area contributed by atoms with E-state index in [0.29, 0.717) is 35.1 Å². The van der Waals surface area contributed by atoms with Crippen LogP contribution < -0.4 is 14.8 Å². The molecule has 1 N–H and O–H groups in total. The zero-order valence-corrected chi connectivity index (χ0v) is 17.1. The molecule has 1 saturated heterocycles. The van der Waals surface area contributed by atoms with Gasteiger partial charge in [0.15, 0.2) is 0 Å². The van der Waals surface area contributed by atoms with Gasteiger partial charge in [0.1, 0.15) is 17.5 Å². The summed E-state index contributed by atoms with van der Waals surface area (Å²) in [4.78, 5) is 13.1. The van der Waals surface area contributed by atoms with E-state index < -0.39 is 22.0 Å². The van der Waals surface area contributed by atoms with E-state index in [0.717, 1.165) is 0 Å². The maximum Gasteiger partial charge on any atom is 0.243 e. The van der Waals surface area contributed by atoms with Gasteiger partial charge in [-0.1, -0.05) is 29.8 Å². The molecule has 2 aromatic carbocycles. The van der Waals surface area contributed by atoms with E-state index in [1.165, 1.54) is 36.7 Å². The minimum Gasteiger partial charge on any atom is -0.495 e. The number of anilines is 1. The van der Waals surface area contributed by atoms with Gasteiger partial charge in [0.2, 0.25) is 15.9 Å². The number of nitrogens with one attached hydrogen (secondary N) is 1. The molecule has 1 amide bonds. The molecule has 150 valence electrons. The molecule has 2 aromatic rings. The van der Waals surface area contributed by atoms with Gasteiger partial charge in [0, 0.05) is 18.7 Å². The molecule has 0 aromatic heterocycles. The van der Waals surface area contributed by atoms with Gasteiger partial charge < -0.3 is 14.8 Å². The van der Waals surface area contributed by atoms with Crippen LogP contribution in [-0.4, -0.2) is 45.4 Å². The van der Waals surface area contributed by atoms with Crippen molar-refractivity contribution in [2.24, 2.45) is 0 Å². The van der Waals surface area contributed by atoms with E-state index in [1.807, 2.05) is 0 Å². The number of halogens is 1. The van der Waals surface area contributed by atoms with Crippen LogP contribution in [0.5, 0.6) is 11.5 Å². The highest BCUT2D eigenvalue weighted by molar-refractivity contribution is 7.89. The number of amides is 1. The van der Waals surface area contributed by atoms with Crippen molar-refractivity contribution < 1.29 is 22.7 Å². The zero-order chi connectivity index (χ0) is 20.3.